The molecule has 0 saturated carbocycles. The first-order chi connectivity index (χ1) is 13.1. The molecule has 3 aromatic carbocycles. The van der Waals surface area contributed by atoms with Gasteiger partial charge in [-0.15, -0.1) is 0 Å². The Labute approximate surface area is 157 Å². The van der Waals surface area contributed by atoms with Crippen LogP contribution >= 0.6 is 0 Å². The van der Waals surface area contributed by atoms with Gasteiger partial charge in [0.15, 0.2) is 0 Å². The lowest BCUT2D eigenvalue weighted by molar-refractivity contribution is 0.0771. The molecule has 0 fully saturated rings. The number of aryl methyl sites for hydroxylation is 1. The standard InChI is InChI=1S/C22H19N3O2/c1-15-7-5-10-17(13-15)21-23-20(27-24-21)14-25(2)22(26)19-12-6-9-16-8-3-4-11-18(16)19/h3-13H,14H2,1-2H3. The smallest absolute Gasteiger partial charge is 0.254 e. The number of hydrogen-bond acceptors (Lipinski definition) is 4. The van der Waals surface area contributed by atoms with Crippen molar-refractivity contribution in [1.29, 1.82) is 0 Å². The summed E-state index contributed by atoms with van der Waals surface area (Å²) in [5.41, 5.74) is 2.68. The third-order valence-electron chi connectivity index (χ3n) is 4.48. The van der Waals surface area contributed by atoms with Gasteiger partial charge in [0.05, 0.1) is 6.54 Å². The van der Waals surface area contributed by atoms with Crippen LogP contribution in [-0.4, -0.2) is 28.0 Å². The predicted molar refractivity (Wildman–Crippen MR) is 104 cm³/mol. The van der Waals surface area contributed by atoms with Crippen molar-refractivity contribution in [2.24, 2.45) is 0 Å². The maximum absolute atomic E-state index is 12.9. The lowest BCUT2D eigenvalue weighted by Crippen LogP contribution is -2.26. The highest BCUT2D eigenvalue weighted by atomic mass is 16.5. The SMILES string of the molecule is Cc1cccc(-c2noc(CN(C)C(=O)c3cccc4ccccc34)n2)c1. The second-order valence-corrected chi connectivity index (χ2v) is 6.57. The summed E-state index contributed by atoms with van der Waals surface area (Å²) in [4.78, 5) is 18.9. The van der Waals surface area contributed by atoms with E-state index in [1.54, 1.807) is 11.9 Å². The van der Waals surface area contributed by atoms with Crippen molar-refractivity contribution in [2.45, 2.75) is 13.5 Å². The number of nitrogens with zero attached hydrogens (tertiary/aromatic N) is 3. The Balaban J connectivity index is 1.55. The first-order valence-electron chi connectivity index (χ1n) is 8.74. The molecular formula is C22H19N3O2. The van der Waals surface area contributed by atoms with Crippen LogP contribution in [0.4, 0.5) is 0 Å². The summed E-state index contributed by atoms with van der Waals surface area (Å²) in [6.07, 6.45) is 0. The second kappa shape index (κ2) is 7.03. The Kier molecular flexibility index (Phi) is 4.42. The molecule has 134 valence electrons. The molecule has 5 nitrogen and oxygen atoms in total. The first kappa shape index (κ1) is 17.0. The number of carbonyl (C=O) groups is 1. The van der Waals surface area contributed by atoms with Gasteiger partial charge in [-0.3, -0.25) is 4.79 Å². The van der Waals surface area contributed by atoms with Crippen LogP contribution in [0.1, 0.15) is 21.8 Å². The third-order valence-corrected chi connectivity index (χ3v) is 4.48. The zero-order valence-electron chi connectivity index (χ0n) is 15.2. The minimum Gasteiger partial charge on any atom is -0.337 e. The quantitative estimate of drug-likeness (QED) is 0.541. The number of amides is 1. The summed E-state index contributed by atoms with van der Waals surface area (Å²) >= 11 is 0. The van der Waals surface area contributed by atoms with Crippen LogP contribution in [-0.2, 0) is 6.54 Å². The van der Waals surface area contributed by atoms with Crippen LogP contribution in [0, 0.1) is 6.92 Å². The Morgan fingerprint density at radius 1 is 1.04 bits per heavy atom. The van der Waals surface area contributed by atoms with Crippen LogP contribution in [0.15, 0.2) is 71.3 Å². The van der Waals surface area contributed by atoms with E-state index >= 15 is 0 Å². The average molecular weight is 357 g/mol. The van der Waals surface area contributed by atoms with Gasteiger partial charge in [0.25, 0.3) is 5.91 Å². The third kappa shape index (κ3) is 3.44. The fourth-order valence-electron chi connectivity index (χ4n) is 3.11. The molecule has 0 saturated heterocycles. The molecule has 0 aliphatic heterocycles. The summed E-state index contributed by atoms with van der Waals surface area (Å²) in [5.74, 6) is 0.851. The van der Waals surface area contributed by atoms with Crippen molar-refractivity contribution in [3.05, 3.63) is 83.7 Å². The number of fused-ring (bicyclic) bond motifs is 1. The van der Waals surface area contributed by atoms with Gasteiger partial charge in [-0.05, 0) is 29.8 Å². The largest absolute Gasteiger partial charge is 0.337 e. The molecule has 4 rings (SSSR count). The zero-order chi connectivity index (χ0) is 18.8. The monoisotopic (exact) mass is 357 g/mol. The van der Waals surface area contributed by atoms with E-state index < -0.39 is 0 Å². The van der Waals surface area contributed by atoms with Crippen molar-refractivity contribution in [3.8, 4) is 11.4 Å². The molecule has 1 heterocycles. The normalized spacial score (nSPS) is 10.9. The number of aromatic nitrogens is 2. The molecule has 0 radical (unpaired) electrons. The number of benzene rings is 3. The Morgan fingerprint density at radius 3 is 2.67 bits per heavy atom. The summed E-state index contributed by atoms with van der Waals surface area (Å²) in [5, 5.41) is 6.01. The van der Waals surface area contributed by atoms with E-state index in [0.717, 1.165) is 21.9 Å². The van der Waals surface area contributed by atoms with E-state index in [4.69, 9.17) is 4.52 Å². The predicted octanol–water partition coefficient (Wildman–Crippen LogP) is 4.47. The van der Waals surface area contributed by atoms with Crippen molar-refractivity contribution >= 4 is 16.7 Å². The molecule has 1 amide bonds. The summed E-state index contributed by atoms with van der Waals surface area (Å²) in [7, 11) is 1.74. The number of hydrogen-bond donors (Lipinski definition) is 0. The molecule has 0 aliphatic rings. The van der Waals surface area contributed by atoms with Gasteiger partial charge in [0, 0.05) is 18.2 Å². The fourth-order valence-corrected chi connectivity index (χ4v) is 3.11. The van der Waals surface area contributed by atoms with E-state index in [1.807, 2.05) is 73.7 Å². The molecule has 0 spiro atoms. The molecule has 27 heavy (non-hydrogen) atoms. The summed E-state index contributed by atoms with van der Waals surface area (Å²) in [6.45, 7) is 2.27. The van der Waals surface area contributed by atoms with Gasteiger partial charge in [0.1, 0.15) is 0 Å². The molecule has 0 N–H and O–H groups in total. The fraction of sp³-hybridized carbons (Fsp3) is 0.136. The van der Waals surface area contributed by atoms with Gasteiger partial charge in [-0.2, -0.15) is 4.98 Å². The van der Waals surface area contributed by atoms with Gasteiger partial charge in [-0.25, -0.2) is 0 Å². The molecule has 0 atom stereocenters. The highest BCUT2D eigenvalue weighted by molar-refractivity contribution is 6.06. The van der Waals surface area contributed by atoms with Crippen LogP contribution in [0.25, 0.3) is 22.2 Å². The molecule has 0 unspecified atom stereocenters. The number of carbonyl (C=O) groups excluding carboxylic acids is 1. The average Bonchev–Trinajstić information content (AvgIpc) is 3.15. The zero-order valence-corrected chi connectivity index (χ0v) is 15.2. The molecule has 1 aromatic heterocycles. The minimum absolute atomic E-state index is 0.0814. The molecule has 4 aromatic rings. The topological polar surface area (TPSA) is 59.2 Å². The maximum Gasteiger partial charge on any atom is 0.254 e. The van der Waals surface area contributed by atoms with Crippen molar-refractivity contribution in [1.82, 2.24) is 15.0 Å². The van der Waals surface area contributed by atoms with E-state index in [1.165, 1.54) is 0 Å². The van der Waals surface area contributed by atoms with Gasteiger partial charge >= 0.3 is 0 Å². The summed E-state index contributed by atoms with van der Waals surface area (Å²) < 4.78 is 5.35. The Morgan fingerprint density at radius 2 is 1.81 bits per heavy atom. The van der Waals surface area contributed by atoms with Crippen molar-refractivity contribution < 1.29 is 9.32 Å². The van der Waals surface area contributed by atoms with Gasteiger partial charge in [-0.1, -0.05) is 65.3 Å². The molecular weight excluding hydrogens is 338 g/mol. The molecule has 0 bridgehead atoms. The maximum atomic E-state index is 12.9. The molecule has 0 aliphatic carbocycles. The summed E-state index contributed by atoms with van der Waals surface area (Å²) in [6, 6.07) is 21.5. The van der Waals surface area contributed by atoms with Crippen LogP contribution in [0.2, 0.25) is 0 Å². The number of rotatable bonds is 4. The lowest BCUT2D eigenvalue weighted by Gasteiger charge is -2.16. The molecule has 5 heteroatoms. The van der Waals surface area contributed by atoms with E-state index in [-0.39, 0.29) is 12.5 Å². The van der Waals surface area contributed by atoms with Gasteiger partial charge < -0.3 is 9.42 Å². The van der Waals surface area contributed by atoms with E-state index in [0.29, 0.717) is 17.3 Å². The minimum atomic E-state index is -0.0814. The second-order valence-electron chi connectivity index (χ2n) is 6.57. The van der Waals surface area contributed by atoms with Crippen LogP contribution in [0.3, 0.4) is 0 Å². The van der Waals surface area contributed by atoms with Crippen LogP contribution < -0.4 is 0 Å². The van der Waals surface area contributed by atoms with Crippen molar-refractivity contribution in [3.63, 3.8) is 0 Å². The van der Waals surface area contributed by atoms with Crippen LogP contribution in [0.5, 0.6) is 0 Å². The van der Waals surface area contributed by atoms with E-state index in [2.05, 4.69) is 10.1 Å². The Bertz CT molecular complexity index is 1110. The Hall–Kier alpha value is -3.47. The van der Waals surface area contributed by atoms with E-state index in [9.17, 15) is 4.79 Å². The van der Waals surface area contributed by atoms with Gasteiger partial charge in [0.2, 0.25) is 11.7 Å². The van der Waals surface area contributed by atoms with Crippen molar-refractivity contribution in [2.75, 3.05) is 7.05 Å². The first-order valence-corrected chi connectivity index (χ1v) is 8.74. The highest BCUT2D eigenvalue weighted by Crippen LogP contribution is 2.21. The lowest BCUT2D eigenvalue weighted by atomic mass is 10.0. The highest BCUT2D eigenvalue weighted by Gasteiger charge is 2.18.